The molecule has 1 saturated heterocycles. The second-order valence-electron chi connectivity index (χ2n) is 6.36. The third kappa shape index (κ3) is 3.44. The van der Waals surface area contributed by atoms with Gasteiger partial charge >= 0.3 is 0 Å². The van der Waals surface area contributed by atoms with Crippen molar-refractivity contribution in [2.24, 2.45) is 5.73 Å². The highest BCUT2D eigenvalue weighted by molar-refractivity contribution is 5.59. The molecule has 4 heterocycles. The minimum absolute atomic E-state index is 0.301. The molecule has 0 radical (unpaired) electrons. The molecule has 3 aromatic heterocycles. The summed E-state index contributed by atoms with van der Waals surface area (Å²) in [6, 6.07) is 6.05. The first-order valence-electron chi connectivity index (χ1n) is 8.57. The van der Waals surface area contributed by atoms with Gasteiger partial charge in [-0.15, -0.1) is 0 Å². The Morgan fingerprint density at radius 3 is 2.92 bits per heavy atom. The van der Waals surface area contributed by atoms with E-state index in [1.165, 1.54) is 0 Å². The lowest BCUT2D eigenvalue weighted by Gasteiger charge is -2.31. The van der Waals surface area contributed by atoms with Gasteiger partial charge in [0.25, 0.3) is 5.89 Å². The molecule has 0 unspecified atom stereocenters. The van der Waals surface area contributed by atoms with Crippen molar-refractivity contribution in [1.82, 2.24) is 25.3 Å². The van der Waals surface area contributed by atoms with E-state index < -0.39 is 0 Å². The van der Waals surface area contributed by atoms with Gasteiger partial charge in [-0.3, -0.25) is 5.10 Å². The van der Waals surface area contributed by atoms with Crippen molar-refractivity contribution in [1.29, 1.82) is 0 Å². The fourth-order valence-electron chi connectivity index (χ4n) is 2.98. The average molecular weight is 355 g/mol. The van der Waals surface area contributed by atoms with Crippen LogP contribution in [0.25, 0.3) is 23.0 Å². The molecule has 9 heteroatoms. The van der Waals surface area contributed by atoms with E-state index in [9.17, 15) is 0 Å². The molecule has 0 saturated carbocycles. The van der Waals surface area contributed by atoms with E-state index in [0.29, 0.717) is 30.1 Å². The minimum atomic E-state index is 0.301. The van der Waals surface area contributed by atoms with Crippen LogP contribution in [0.4, 0.5) is 5.82 Å². The van der Waals surface area contributed by atoms with E-state index in [4.69, 9.17) is 15.0 Å². The largest absolute Gasteiger partial charge is 0.378 e. The van der Waals surface area contributed by atoms with Crippen LogP contribution in [0.5, 0.6) is 0 Å². The number of hydrogen-bond donors (Lipinski definition) is 2. The quantitative estimate of drug-likeness (QED) is 0.708. The van der Waals surface area contributed by atoms with Crippen LogP contribution in [0.2, 0.25) is 0 Å². The van der Waals surface area contributed by atoms with Crippen molar-refractivity contribution in [2.75, 3.05) is 25.1 Å². The van der Waals surface area contributed by atoms with Crippen LogP contribution < -0.4 is 10.6 Å². The SMILES string of the molecule is COCc1cc(-c2nc(-c3ccc(N4CCC(N)CC4)nc3)no2)n[nH]1. The molecule has 1 fully saturated rings. The lowest BCUT2D eigenvalue weighted by molar-refractivity contribution is 0.181. The molecule has 3 aromatic rings. The molecule has 9 nitrogen and oxygen atoms in total. The maximum absolute atomic E-state index is 5.96. The second kappa shape index (κ2) is 7.22. The van der Waals surface area contributed by atoms with Crippen LogP contribution >= 0.6 is 0 Å². The van der Waals surface area contributed by atoms with Crippen LogP contribution in [0.15, 0.2) is 28.9 Å². The topological polar surface area (TPSA) is 119 Å². The standard InChI is InChI=1S/C17H21N7O2/c1-25-10-13-8-14(22-21-13)17-20-16(23-26-17)11-2-3-15(19-9-11)24-6-4-12(18)5-7-24/h2-3,8-9,12H,4-7,10,18H2,1H3,(H,21,22). The van der Waals surface area contributed by atoms with Crippen LogP contribution in [0.1, 0.15) is 18.5 Å². The molecule has 1 aliphatic rings. The normalized spacial score (nSPS) is 15.5. The molecule has 26 heavy (non-hydrogen) atoms. The first kappa shape index (κ1) is 16.7. The highest BCUT2D eigenvalue weighted by Gasteiger charge is 2.18. The number of nitrogens with two attached hydrogens (primary N) is 1. The smallest absolute Gasteiger partial charge is 0.278 e. The summed E-state index contributed by atoms with van der Waals surface area (Å²) >= 11 is 0. The second-order valence-corrected chi connectivity index (χ2v) is 6.36. The molecule has 0 bridgehead atoms. The van der Waals surface area contributed by atoms with Crippen molar-refractivity contribution < 1.29 is 9.26 Å². The third-order valence-corrected chi connectivity index (χ3v) is 4.45. The molecule has 0 spiro atoms. The van der Waals surface area contributed by atoms with Gasteiger partial charge in [0.05, 0.1) is 12.3 Å². The maximum atomic E-state index is 5.96. The van der Waals surface area contributed by atoms with Crippen LogP contribution in [0, 0.1) is 0 Å². The van der Waals surface area contributed by atoms with Crippen LogP contribution in [0.3, 0.4) is 0 Å². The Labute approximate surface area is 150 Å². The Hall–Kier alpha value is -2.78. The van der Waals surface area contributed by atoms with Gasteiger partial charge in [-0.1, -0.05) is 5.16 Å². The van der Waals surface area contributed by atoms with Gasteiger partial charge in [0, 0.05) is 38.0 Å². The lowest BCUT2D eigenvalue weighted by atomic mass is 10.1. The number of hydrogen-bond acceptors (Lipinski definition) is 8. The Bertz CT molecular complexity index is 850. The summed E-state index contributed by atoms with van der Waals surface area (Å²) in [6.45, 7) is 2.31. The molecule has 0 aliphatic carbocycles. The molecule has 136 valence electrons. The van der Waals surface area contributed by atoms with Gasteiger partial charge in [-0.2, -0.15) is 10.1 Å². The van der Waals surface area contributed by atoms with Crippen LogP contribution in [-0.2, 0) is 11.3 Å². The molecular weight excluding hydrogens is 334 g/mol. The van der Waals surface area contributed by atoms with E-state index in [1.807, 2.05) is 18.2 Å². The number of aromatic amines is 1. The molecule has 4 rings (SSSR count). The average Bonchev–Trinajstić information content (AvgIpc) is 3.32. The molecule has 0 amide bonds. The number of methoxy groups -OCH3 is 1. The fourth-order valence-corrected chi connectivity index (χ4v) is 2.98. The molecule has 0 atom stereocenters. The van der Waals surface area contributed by atoms with Gasteiger partial charge in [0.1, 0.15) is 5.82 Å². The number of rotatable bonds is 5. The zero-order valence-corrected chi connectivity index (χ0v) is 14.6. The van der Waals surface area contributed by atoms with Crippen molar-refractivity contribution in [3.63, 3.8) is 0 Å². The van der Waals surface area contributed by atoms with Gasteiger partial charge in [0.15, 0.2) is 5.69 Å². The van der Waals surface area contributed by atoms with Gasteiger partial charge in [0.2, 0.25) is 5.82 Å². The Morgan fingerprint density at radius 1 is 1.35 bits per heavy atom. The summed E-state index contributed by atoms with van der Waals surface area (Å²) < 4.78 is 10.4. The number of anilines is 1. The van der Waals surface area contributed by atoms with E-state index in [0.717, 1.165) is 43.0 Å². The van der Waals surface area contributed by atoms with Gasteiger partial charge < -0.3 is 19.9 Å². The predicted molar refractivity (Wildman–Crippen MR) is 95.2 cm³/mol. The van der Waals surface area contributed by atoms with E-state index in [2.05, 4.69) is 30.2 Å². The number of nitrogens with one attached hydrogen (secondary N) is 1. The highest BCUT2D eigenvalue weighted by atomic mass is 16.5. The number of piperidine rings is 1. The zero-order valence-electron chi connectivity index (χ0n) is 14.6. The van der Waals surface area contributed by atoms with Gasteiger partial charge in [-0.25, -0.2) is 4.98 Å². The fraction of sp³-hybridized carbons (Fsp3) is 0.412. The summed E-state index contributed by atoms with van der Waals surface area (Å²) in [5.41, 5.74) is 8.18. The number of aromatic nitrogens is 5. The minimum Gasteiger partial charge on any atom is -0.378 e. The Kier molecular flexibility index (Phi) is 4.63. The first-order chi connectivity index (χ1) is 12.7. The van der Waals surface area contributed by atoms with Gasteiger partial charge in [-0.05, 0) is 31.0 Å². The Balaban J connectivity index is 1.48. The predicted octanol–water partition coefficient (Wildman–Crippen LogP) is 1.60. The third-order valence-electron chi connectivity index (χ3n) is 4.45. The van der Waals surface area contributed by atoms with E-state index in [1.54, 1.807) is 13.3 Å². The molecule has 3 N–H and O–H groups in total. The summed E-state index contributed by atoms with van der Waals surface area (Å²) in [5, 5.41) is 11.1. The zero-order chi connectivity index (χ0) is 17.9. The first-order valence-corrected chi connectivity index (χ1v) is 8.57. The van der Waals surface area contributed by atoms with E-state index in [-0.39, 0.29) is 0 Å². The Morgan fingerprint density at radius 2 is 2.19 bits per heavy atom. The molecule has 0 aromatic carbocycles. The highest BCUT2D eigenvalue weighted by Crippen LogP contribution is 2.23. The monoisotopic (exact) mass is 355 g/mol. The van der Waals surface area contributed by atoms with Crippen molar-refractivity contribution in [3.8, 4) is 23.0 Å². The number of nitrogens with zero attached hydrogens (tertiary/aromatic N) is 5. The van der Waals surface area contributed by atoms with Crippen molar-refractivity contribution in [2.45, 2.75) is 25.5 Å². The number of H-pyrrole nitrogens is 1. The summed E-state index contributed by atoms with van der Waals surface area (Å²) in [6.07, 6.45) is 3.75. The number of ether oxygens (including phenoxy) is 1. The summed E-state index contributed by atoms with van der Waals surface area (Å²) in [7, 11) is 1.63. The molecular formula is C17H21N7O2. The lowest BCUT2D eigenvalue weighted by Crippen LogP contribution is -2.40. The maximum Gasteiger partial charge on any atom is 0.278 e. The van der Waals surface area contributed by atoms with E-state index >= 15 is 0 Å². The van der Waals surface area contributed by atoms with Crippen molar-refractivity contribution >= 4 is 5.82 Å². The summed E-state index contributed by atoms with van der Waals surface area (Å²) in [4.78, 5) is 11.2. The van der Waals surface area contributed by atoms with Crippen molar-refractivity contribution in [3.05, 3.63) is 30.1 Å². The van der Waals surface area contributed by atoms with Crippen LogP contribution in [-0.4, -0.2) is 51.6 Å². The number of pyridine rings is 1. The summed E-state index contributed by atoms with van der Waals surface area (Å²) in [5.74, 6) is 1.78. The molecule has 1 aliphatic heterocycles.